The molecule has 0 N–H and O–H groups in total. The number of aromatic nitrogens is 3. The first kappa shape index (κ1) is 10.0. The molecular weight excluding hydrogens is 210 g/mol. The van der Waals surface area contributed by atoms with E-state index < -0.39 is 0 Å². The number of thiazole rings is 1. The Bertz CT molecular complexity index is 493. The molecular formula is C10H11N3OS. The maximum absolute atomic E-state index is 12.0. The molecule has 0 spiro atoms. The molecule has 15 heavy (non-hydrogen) atoms. The summed E-state index contributed by atoms with van der Waals surface area (Å²) in [4.78, 5) is 16.2. The molecule has 0 fully saturated rings. The van der Waals surface area contributed by atoms with E-state index in [1.165, 1.54) is 11.3 Å². The van der Waals surface area contributed by atoms with Crippen LogP contribution in [0, 0.1) is 13.8 Å². The molecule has 4 nitrogen and oxygen atoms in total. The predicted octanol–water partition coefficient (Wildman–Crippen LogP) is 1.72. The van der Waals surface area contributed by atoms with Crippen molar-refractivity contribution < 1.29 is 4.79 Å². The second kappa shape index (κ2) is 3.58. The van der Waals surface area contributed by atoms with E-state index in [9.17, 15) is 4.79 Å². The summed E-state index contributed by atoms with van der Waals surface area (Å²) in [6.07, 6.45) is 1.69. The number of rotatable bonds is 2. The minimum atomic E-state index is -0.0585. The van der Waals surface area contributed by atoms with Crippen LogP contribution in [0.15, 0.2) is 11.6 Å². The van der Waals surface area contributed by atoms with E-state index >= 15 is 0 Å². The van der Waals surface area contributed by atoms with Gasteiger partial charge in [0.15, 0.2) is 0 Å². The quantitative estimate of drug-likeness (QED) is 0.725. The minimum Gasteiger partial charge on any atom is -0.285 e. The zero-order valence-corrected chi connectivity index (χ0v) is 9.63. The summed E-state index contributed by atoms with van der Waals surface area (Å²) < 4.78 is 1.59. The number of aryl methyl sites for hydroxylation is 3. The van der Waals surface area contributed by atoms with Crippen molar-refractivity contribution in [3.63, 3.8) is 0 Å². The van der Waals surface area contributed by atoms with E-state index in [4.69, 9.17) is 0 Å². The molecule has 0 aliphatic heterocycles. The van der Waals surface area contributed by atoms with Gasteiger partial charge in [-0.15, -0.1) is 11.3 Å². The molecule has 78 valence electrons. The van der Waals surface area contributed by atoms with Crippen molar-refractivity contribution in [2.24, 2.45) is 7.05 Å². The molecule has 0 aliphatic rings. The molecule has 0 radical (unpaired) electrons. The number of carbonyl (C=O) groups is 1. The van der Waals surface area contributed by atoms with Gasteiger partial charge in [-0.1, -0.05) is 0 Å². The van der Waals surface area contributed by atoms with Crippen molar-refractivity contribution >= 4 is 17.1 Å². The normalized spacial score (nSPS) is 10.6. The van der Waals surface area contributed by atoms with Crippen LogP contribution in [0.1, 0.15) is 26.8 Å². The highest BCUT2D eigenvalue weighted by molar-refractivity contribution is 7.09. The van der Waals surface area contributed by atoms with Crippen LogP contribution in [0.4, 0.5) is 0 Å². The van der Waals surface area contributed by atoms with Gasteiger partial charge in [-0.25, -0.2) is 4.98 Å². The molecule has 2 aromatic heterocycles. The number of carbonyl (C=O) groups excluding carboxylic acids is 1. The lowest BCUT2D eigenvalue weighted by Crippen LogP contribution is -2.10. The summed E-state index contributed by atoms with van der Waals surface area (Å²) in [6.45, 7) is 3.76. The van der Waals surface area contributed by atoms with Gasteiger partial charge >= 0.3 is 0 Å². The van der Waals surface area contributed by atoms with E-state index in [0.29, 0.717) is 11.4 Å². The number of hydrogen-bond donors (Lipinski definition) is 0. The Morgan fingerprint density at radius 1 is 1.47 bits per heavy atom. The Kier molecular flexibility index (Phi) is 2.40. The summed E-state index contributed by atoms with van der Waals surface area (Å²) in [7, 11) is 1.76. The fourth-order valence-electron chi connectivity index (χ4n) is 1.46. The largest absolute Gasteiger partial charge is 0.285 e. The van der Waals surface area contributed by atoms with Crippen molar-refractivity contribution in [3.8, 4) is 0 Å². The standard InChI is InChI=1S/C10H11N3OS/c1-6-4-11-13(3)9(6)10(14)8-5-15-7(2)12-8/h4-5H,1-3H3. The molecule has 0 unspecified atom stereocenters. The second-order valence-electron chi connectivity index (χ2n) is 3.38. The van der Waals surface area contributed by atoms with Crippen LogP contribution in [0.25, 0.3) is 0 Å². The molecule has 0 aromatic carbocycles. The molecule has 0 saturated heterocycles. The molecule has 0 bridgehead atoms. The van der Waals surface area contributed by atoms with E-state index in [1.807, 2.05) is 13.8 Å². The Morgan fingerprint density at radius 2 is 2.20 bits per heavy atom. The summed E-state index contributed by atoms with van der Waals surface area (Å²) in [5, 5.41) is 6.72. The zero-order chi connectivity index (χ0) is 11.0. The topological polar surface area (TPSA) is 47.8 Å². The Labute approximate surface area is 91.6 Å². The molecule has 0 amide bonds. The first-order chi connectivity index (χ1) is 7.09. The second-order valence-corrected chi connectivity index (χ2v) is 4.44. The summed E-state index contributed by atoms with van der Waals surface area (Å²) in [6, 6.07) is 0. The van der Waals surface area contributed by atoms with Crippen LogP contribution in [0.3, 0.4) is 0 Å². The van der Waals surface area contributed by atoms with E-state index in [2.05, 4.69) is 10.1 Å². The third kappa shape index (κ3) is 1.70. The van der Waals surface area contributed by atoms with Crippen LogP contribution >= 0.6 is 11.3 Å². The Balaban J connectivity index is 2.45. The lowest BCUT2D eigenvalue weighted by Gasteiger charge is -1.99. The zero-order valence-electron chi connectivity index (χ0n) is 8.81. The fourth-order valence-corrected chi connectivity index (χ4v) is 2.06. The van der Waals surface area contributed by atoms with Gasteiger partial charge in [0, 0.05) is 12.4 Å². The SMILES string of the molecule is Cc1nc(C(=O)c2c(C)cnn2C)cs1. The van der Waals surface area contributed by atoms with Gasteiger partial charge in [0.1, 0.15) is 11.4 Å². The summed E-state index contributed by atoms with van der Waals surface area (Å²) in [5.41, 5.74) is 2.00. The highest BCUT2D eigenvalue weighted by atomic mass is 32.1. The highest BCUT2D eigenvalue weighted by Crippen LogP contribution is 2.15. The number of ketones is 1. The lowest BCUT2D eigenvalue weighted by molar-refractivity contribution is 0.102. The maximum Gasteiger partial charge on any atom is 0.230 e. The minimum absolute atomic E-state index is 0.0585. The van der Waals surface area contributed by atoms with Crippen molar-refractivity contribution in [2.45, 2.75) is 13.8 Å². The lowest BCUT2D eigenvalue weighted by atomic mass is 10.1. The van der Waals surface area contributed by atoms with E-state index in [1.54, 1.807) is 23.3 Å². The van der Waals surface area contributed by atoms with Gasteiger partial charge in [0.05, 0.1) is 11.2 Å². The first-order valence-electron chi connectivity index (χ1n) is 4.55. The summed E-state index contributed by atoms with van der Waals surface area (Å²) in [5.74, 6) is -0.0585. The molecule has 2 rings (SSSR count). The van der Waals surface area contributed by atoms with Crippen molar-refractivity contribution in [1.82, 2.24) is 14.8 Å². The predicted molar refractivity (Wildman–Crippen MR) is 58.2 cm³/mol. The molecule has 0 atom stereocenters. The van der Waals surface area contributed by atoms with Crippen LogP contribution in [0.2, 0.25) is 0 Å². The number of hydrogen-bond acceptors (Lipinski definition) is 4. The number of nitrogens with zero attached hydrogens (tertiary/aromatic N) is 3. The van der Waals surface area contributed by atoms with Crippen molar-refractivity contribution in [2.75, 3.05) is 0 Å². The van der Waals surface area contributed by atoms with Gasteiger partial charge in [0.2, 0.25) is 5.78 Å². The van der Waals surface area contributed by atoms with Crippen LogP contribution in [-0.2, 0) is 7.05 Å². The van der Waals surface area contributed by atoms with Gasteiger partial charge in [-0.3, -0.25) is 9.48 Å². The molecule has 0 aliphatic carbocycles. The maximum atomic E-state index is 12.0. The highest BCUT2D eigenvalue weighted by Gasteiger charge is 2.18. The van der Waals surface area contributed by atoms with Gasteiger partial charge < -0.3 is 0 Å². The average molecular weight is 221 g/mol. The van der Waals surface area contributed by atoms with Crippen LogP contribution in [-0.4, -0.2) is 20.5 Å². The Morgan fingerprint density at radius 3 is 2.67 bits per heavy atom. The third-order valence-corrected chi connectivity index (χ3v) is 2.96. The van der Waals surface area contributed by atoms with E-state index in [-0.39, 0.29) is 5.78 Å². The van der Waals surface area contributed by atoms with Crippen LogP contribution in [0.5, 0.6) is 0 Å². The van der Waals surface area contributed by atoms with E-state index in [0.717, 1.165) is 10.6 Å². The van der Waals surface area contributed by atoms with Gasteiger partial charge in [0.25, 0.3) is 0 Å². The fraction of sp³-hybridized carbons (Fsp3) is 0.300. The average Bonchev–Trinajstić information content (AvgIpc) is 2.73. The smallest absolute Gasteiger partial charge is 0.230 e. The third-order valence-electron chi connectivity index (χ3n) is 2.19. The van der Waals surface area contributed by atoms with Crippen LogP contribution < -0.4 is 0 Å². The molecule has 2 aromatic rings. The van der Waals surface area contributed by atoms with Gasteiger partial charge in [-0.05, 0) is 19.4 Å². The van der Waals surface area contributed by atoms with Crippen molar-refractivity contribution in [3.05, 3.63) is 33.5 Å². The van der Waals surface area contributed by atoms with Gasteiger partial charge in [-0.2, -0.15) is 5.10 Å². The Hall–Kier alpha value is -1.49. The summed E-state index contributed by atoms with van der Waals surface area (Å²) >= 11 is 1.48. The van der Waals surface area contributed by atoms with Crippen molar-refractivity contribution in [1.29, 1.82) is 0 Å². The molecule has 0 saturated carbocycles. The molecule has 5 heteroatoms. The first-order valence-corrected chi connectivity index (χ1v) is 5.43. The molecule has 2 heterocycles. The monoisotopic (exact) mass is 221 g/mol.